The average molecular weight is 587 g/mol. The average Bonchev–Trinajstić information content (AvgIpc) is 3.15. The van der Waals surface area contributed by atoms with Crippen LogP contribution >= 0.6 is 0 Å². The molecule has 218 valence electrons. The van der Waals surface area contributed by atoms with Gasteiger partial charge in [0.1, 0.15) is 0 Å². The van der Waals surface area contributed by atoms with Crippen molar-refractivity contribution in [1.29, 1.82) is 0 Å². The highest BCUT2D eigenvalue weighted by Crippen LogP contribution is 2.36. The van der Waals surface area contributed by atoms with Crippen molar-refractivity contribution in [2.75, 3.05) is 0 Å². The van der Waals surface area contributed by atoms with Gasteiger partial charge in [-0.3, -0.25) is 0 Å². The quantitative estimate of drug-likeness (QED) is 0.155. The van der Waals surface area contributed by atoms with E-state index in [0.717, 1.165) is 5.56 Å². The van der Waals surface area contributed by atoms with E-state index in [1.165, 1.54) is 61.2 Å². The summed E-state index contributed by atoms with van der Waals surface area (Å²) < 4.78 is 0. The highest BCUT2D eigenvalue weighted by molar-refractivity contribution is 5.99. The second kappa shape index (κ2) is 13.8. The van der Waals surface area contributed by atoms with Crippen LogP contribution in [0.15, 0.2) is 194 Å². The molecule has 0 aliphatic heterocycles. The molecule has 0 fully saturated rings. The zero-order valence-corrected chi connectivity index (χ0v) is 25.6. The first-order valence-corrected chi connectivity index (χ1v) is 15.8. The maximum absolute atomic E-state index is 2.38. The summed E-state index contributed by atoms with van der Waals surface area (Å²) in [6, 6.07) is 69.0. The standard InChI is InChI=1S/C46H34/c1-6-17-35(18-7-1)36-29-31-41(32-30-36)43-28-16-27-42(33-44(37-19-8-2-9-20-37)38-21-10-3-11-22-38)46(43)34-45(39-23-12-4-13-24-39)40-25-14-5-15-26-40/h1-34H. The molecule has 0 heterocycles. The van der Waals surface area contributed by atoms with Gasteiger partial charge in [0, 0.05) is 0 Å². The fourth-order valence-electron chi connectivity index (χ4n) is 6.03. The fourth-order valence-corrected chi connectivity index (χ4v) is 6.03. The third-order valence-corrected chi connectivity index (χ3v) is 8.37. The number of hydrogen-bond donors (Lipinski definition) is 0. The summed E-state index contributed by atoms with van der Waals surface area (Å²) in [7, 11) is 0. The van der Waals surface area contributed by atoms with Gasteiger partial charge in [0.15, 0.2) is 0 Å². The van der Waals surface area contributed by atoms with Crippen molar-refractivity contribution in [1.82, 2.24) is 0 Å². The fraction of sp³-hybridized carbons (Fsp3) is 0. The van der Waals surface area contributed by atoms with Crippen LogP contribution in [0.5, 0.6) is 0 Å². The molecule has 7 aromatic carbocycles. The minimum Gasteiger partial charge on any atom is -0.0622 e. The monoisotopic (exact) mass is 586 g/mol. The first kappa shape index (κ1) is 28.8. The third-order valence-electron chi connectivity index (χ3n) is 8.37. The summed E-state index contributed by atoms with van der Waals surface area (Å²) >= 11 is 0. The molecule has 0 heteroatoms. The van der Waals surface area contributed by atoms with Crippen LogP contribution < -0.4 is 0 Å². The first-order chi connectivity index (χ1) is 22.8. The Hall–Kier alpha value is -5.98. The van der Waals surface area contributed by atoms with Crippen LogP contribution in [0.4, 0.5) is 0 Å². The van der Waals surface area contributed by atoms with E-state index in [4.69, 9.17) is 0 Å². The van der Waals surface area contributed by atoms with Crippen molar-refractivity contribution in [3.63, 3.8) is 0 Å². The van der Waals surface area contributed by atoms with E-state index in [-0.39, 0.29) is 0 Å². The van der Waals surface area contributed by atoms with Crippen molar-refractivity contribution >= 4 is 23.3 Å². The predicted molar refractivity (Wildman–Crippen MR) is 197 cm³/mol. The Kier molecular flexibility index (Phi) is 8.61. The molecule has 0 radical (unpaired) electrons. The van der Waals surface area contributed by atoms with E-state index >= 15 is 0 Å². The topological polar surface area (TPSA) is 0 Å². The van der Waals surface area contributed by atoms with Gasteiger partial charge in [0.2, 0.25) is 0 Å². The summed E-state index contributed by atoms with van der Waals surface area (Å²) in [4.78, 5) is 0. The second-order valence-electron chi connectivity index (χ2n) is 11.3. The van der Waals surface area contributed by atoms with Gasteiger partial charge >= 0.3 is 0 Å². The maximum atomic E-state index is 2.38. The molecular formula is C46H34. The maximum Gasteiger partial charge on any atom is -0.00988 e. The lowest BCUT2D eigenvalue weighted by Gasteiger charge is -2.16. The Morgan fingerprint density at radius 1 is 0.283 bits per heavy atom. The van der Waals surface area contributed by atoms with Gasteiger partial charge in [0.05, 0.1) is 0 Å². The van der Waals surface area contributed by atoms with E-state index in [9.17, 15) is 0 Å². The molecule has 7 aromatic rings. The van der Waals surface area contributed by atoms with Crippen LogP contribution in [-0.2, 0) is 0 Å². The molecule has 7 rings (SSSR count). The molecule has 0 aromatic heterocycles. The highest BCUT2D eigenvalue weighted by atomic mass is 14.2. The molecule has 0 atom stereocenters. The lowest BCUT2D eigenvalue weighted by atomic mass is 9.88. The summed E-state index contributed by atoms with van der Waals surface area (Å²) in [5.41, 5.74) is 14.3. The van der Waals surface area contributed by atoms with Crippen molar-refractivity contribution in [3.8, 4) is 22.3 Å². The van der Waals surface area contributed by atoms with E-state index in [1.54, 1.807) is 0 Å². The molecule has 0 saturated heterocycles. The van der Waals surface area contributed by atoms with E-state index in [1.807, 2.05) is 0 Å². The number of benzene rings is 7. The molecule has 0 amide bonds. The normalized spacial score (nSPS) is 10.6. The van der Waals surface area contributed by atoms with Gasteiger partial charge in [-0.1, -0.05) is 194 Å². The molecule has 0 saturated carbocycles. The lowest BCUT2D eigenvalue weighted by Crippen LogP contribution is -1.94. The third kappa shape index (κ3) is 6.43. The van der Waals surface area contributed by atoms with Crippen molar-refractivity contribution in [2.45, 2.75) is 0 Å². The Labute approximate surface area is 272 Å². The minimum atomic E-state index is 1.16. The van der Waals surface area contributed by atoms with Crippen molar-refractivity contribution < 1.29 is 0 Å². The lowest BCUT2D eigenvalue weighted by molar-refractivity contribution is 1.52. The molecular weight excluding hydrogens is 553 g/mol. The molecule has 0 bridgehead atoms. The summed E-state index contributed by atoms with van der Waals surface area (Å²) in [6.45, 7) is 0. The van der Waals surface area contributed by atoms with Crippen LogP contribution in [0.2, 0.25) is 0 Å². The zero-order chi connectivity index (χ0) is 31.0. The Balaban J connectivity index is 1.47. The molecule has 0 aliphatic rings. The molecule has 0 unspecified atom stereocenters. The van der Waals surface area contributed by atoms with Gasteiger partial charge < -0.3 is 0 Å². The van der Waals surface area contributed by atoms with Crippen LogP contribution in [0.3, 0.4) is 0 Å². The number of rotatable bonds is 8. The zero-order valence-electron chi connectivity index (χ0n) is 25.6. The predicted octanol–water partition coefficient (Wildman–Crippen LogP) is 12.2. The van der Waals surface area contributed by atoms with Crippen molar-refractivity contribution in [3.05, 3.63) is 228 Å². The van der Waals surface area contributed by atoms with E-state index in [0.29, 0.717) is 0 Å². The van der Waals surface area contributed by atoms with Crippen LogP contribution in [0, 0.1) is 0 Å². The number of hydrogen-bond acceptors (Lipinski definition) is 0. The van der Waals surface area contributed by atoms with Gasteiger partial charge in [-0.25, -0.2) is 0 Å². The summed E-state index contributed by atoms with van der Waals surface area (Å²) in [5, 5.41) is 0. The Morgan fingerprint density at radius 2 is 0.652 bits per heavy atom. The molecule has 0 nitrogen and oxygen atoms in total. The van der Waals surface area contributed by atoms with Gasteiger partial charge in [-0.2, -0.15) is 0 Å². The molecule has 0 spiro atoms. The Bertz CT molecular complexity index is 1990. The van der Waals surface area contributed by atoms with Crippen LogP contribution in [0.25, 0.3) is 45.6 Å². The van der Waals surface area contributed by atoms with E-state index in [2.05, 4.69) is 206 Å². The molecule has 0 N–H and O–H groups in total. The Morgan fingerprint density at radius 3 is 1.11 bits per heavy atom. The van der Waals surface area contributed by atoms with Gasteiger partial charge in [-0.05, 0) is 78.9 Å². The smallest absolute Gasteiger partial charge is 0.00988 e. The van der Waals surface area contributed by atoms with Gasteiger partial charge in [-0.15, -0.1) is 0 Å². The first-order valence-electron chi connectivity index (χ1n) is 15.8. The summed E-state index contributed by atoms with van der Waals surface area (Å²) in [6.07, 6.45) is 4.73. The second-order valence-corrected chi connectivity index (χ2v) is 11.3. The highest BCUT2D eigenvalue weighted by Gasteiger charge is 2.14. The largest absolute Gasteiger partial charge is 0.0622 e. The van der Waals surface area contributed by atoms with E-state index < -0.39 is 0 Å². The SMILES string of the molecule is C(=C(c1ccccc1)c1ccccc1)c1cccc(-c2ccc(-c3ccccc3)cc2)c1C=C(c1ccccc1)c1ccccc1. The van der Waals surface area contributed by atoms with Gasteiger partial charge in [0.25, 0.3) is 0 Å². The molecule has 46 heavy (non-hydrogen) atoms. The van der Waals surface area contributed by atoms with Crippen LogP contribution in [-0.4, -0.2) is 0 Å². The van der Waals surface area contributed by atoms with Crippen molar-refractivity contribution in [2.24, 2.45) is 0 Å². The minimum absolute atomic E-state index is 1.16. The molecule has 0 aliphatic carbocycles. The summed E-state index contributed by atoms with van der Waals surface area (Å²) in [5.74, 6) is 0. The van der Waals surface area contributed by atoms with Crippen LogP contribution in [0.1, 0.15) is 33.4 Å².